The van der Waals surface area contributed by atoms with Crippen molar-refractivity contribution in [3.63, 3.8) is 0 Å². The summed E-state index contributed by atoms with van der Waals surface area (Å²) in [6, 6.07) is 3.61. The Morgan fingerprint density at radius 1 is 1.35 bits per heavy atom. The number of amides is 1. The van der Waals surface area contributed by atoms with Crippen molar-refractivity contribution in [3.05, 3.63) is 28.8 Å². The van der Waals surface area contributed by atoms with E-state index in [4.69, 9.17) is 5.73 Å². The summed E-state index contributed by atoms with van der Waals surface area (Å²) in [5, 5.41) is 9.53. The van der Waals surface area contributed by atoms with E-state index in [1.54, 1.807) is 11.0 Å². The molecule has 1 aromatic carbocycles. The van der Waals surface area contributed by atoms with Crippen LogP contribution in [0.1, 0.15) is 36.5 Å². The van der Waals surface area contributed by atoms with Gasteiger partial charge in [0, 0.05) is 19.0 Å². The Balaban J connectivity index is 2.77. The molecule has 20 heavy (non-hydrogen) atoms. The Kier molecular flexibility index (Phi) is 3.56. The van der Waals surface area contributed by atoms with Crippen molar-refractivity contribution in [1.29, 1.82) is 0 Å². The second kappa shape index (κ2) is 4.90. The molecule has 0 bridgehead atoms. The number of carbonyl (C=O) groups excluding carboxylic acids is 1. The standard InChI is InChI=1S/C15H20N2O3/c1-9-5-6-12-13(10(9)2)17(11(3)18)8-4-7-15(12,16)14(19)20/h5-6H,4,7-8,16H2,1-3H3,(H,19,20). The van der Waals surface area contributed by atoms with E-state index in [2.05, 4.69) is 0 Å². The van der Waals surface area contributed by atoms with Gasteiger partial charge in [-0.1, -0.05) is 12.1 Å². The van der Waals surface area contributed by atoms with E-state index in [-0.39, 0.29) is 5.91 Å². The van der Waals surface area contributed by atoms with E-state index in [1.807, 2.05) is 19.9 Å². The van der Waals surface area contributed by atoms with Gasteiger partial charge in [-0.25, -0.2) is 4.79 Å². The van der Waals surface area contributed by atoms with Gasteiger partial charge in [0.2, 0.25) is 5.91 Å². The first-order valence-electron chi connectivity index (χ1n) is 6.70. The van der Waals surface area contributed by atoms with Gasteiger partial charge >= 0.3 is 5.97 Å². The molecule has 1 aliphatic heterocycles. The smallest absolute Gasteiger partial charge is 0.328 e. The second-order valence-corrected chi connectivity index (χ2v) is 5.45. The van der Waals surface area contributed by atoms with Crippen LogP contribution in [0.3, 0.4) is 0 Å². The molecule has 1 unspecified atom stereocenters. The number of nitrogens with zero attached hydrogens (tertiary/aromatic N) is 1. The SMILES string of the molecule is CC(=O)N1CCCC(N)(C(=O)O)c2ccc(C)c(C)c21. The molecule has 1 amide bonds. The van der Waals surface area contributed by atoms with E-state index < -0.39 is 11.5 Å². The fourth-order valence-electron chi connectivity index (χ4n) is 2.81. The Hall–Kier alpha value is -1.88. The van der Waals surface area contributed by atoms with E-state index in [0.29, 0.717) is 30.6 Å². The van der Waals surface area contributed by atoms with Crippen LogP contribution in [0.25, 0.3) is 0 Å². The van der Waals surface area contributed by atoms with E-state index in [0.717, 1.165) is 11.1 Å². The van der Waals surface area contributed by atoms with Gasteiger partial charge in [0.05, 0.1) is 5.69 Å². The summed E-state index contributed by atoms with van der Waals surface area (Å²) in [5.41, 5.74) is 7.85. The molecule has 1 aliphatic rings. The van der Waals surface area contributed by atoms with Crippen molar-refractivity contribution in [1.82, 2.24) is 0 Å². The predicted molar refractivity (Wildman–Crippen MR) is 76.7 cm³/mol. The molecule has 0 aliphatic carbocycles. The Morgan fingerprint density at radius 2 is 2.00 bits per heavy atom. The number of rotatable bonds is 1. The van der Waals surface area contributed by atoms with Crippen molar-refractivity contribution in [2.24, 2.45) is 5.73 Å². The predicted octanol–water partition coefficient (Wildman–Crippen LogP) is 1.69. The van der Waals surface area contributed by atoms with E-state index >= 15 is 0 Å². The average molecular weight is 276 g/mol. The summed E-state index contributed by atoms with van der Waals surface area (Å²) < 4.78 is 0. The van der Waals surface area contributed by atoms with Crippen molar-refractivity contribution >= 4 is 17.6 Å². The van der Waals surface area contributed by atoms with Crippen LogP contribution in [0, 0.1) is 13.8 Å². The number of fused-ring (bicyclic) bond motifs is 1. The maximum absolute atomic E-state index is 11.9. The number of anilines is 1. The molecule has 5 heteroatoms. The monoisotopic (exact) mass is 276 g/mol. The van der Waals surface area contributed by atoms with Gasteiger partial charge in [0.1, 0.15) is 5.54 Å². The third-order valence-corrected chi connectivity index (χ3v) is 4.17. The molecule has 5 nitrogen and oxygen atoms in total. The highest BCUT2D eigenvalue weighted by molar-refractivity contribution is 5.96. The van der Waals surface area contributed by atoms with Crippen LogP contribution in [0.5, 0.6) is 0 Å². The van der Waals surface area contributed by atoms with Crippen molar-refractivity contribution in [3.8, 4) is 0 Å². The summed E-state index contributed by atoms with van der Waals surface area (Å²) in [4.78, 5) is 25.2. The van der Waals surface area contributed by atoms with Crippen LogP contribution in [-0.2, 0) is 15.1 Å². The van der Waals surface area contributed by atoms with Crippen molar-refractivity contribution < 1.29 is 14.7 Å². The number of benzene rings is 1. The molecule has 0 aromatic heterocycles. The largest absolute Gasteiger partial charge is 0.480 e. The molecule has 1 heterocycles. The number of aliphatic carboxylic acids is 1. The highest BCUT2D eigenvalue weighted by atomic mass is 16.4. The van der Waals surface area contributed by atoms with Crippen LogP contribution >= 0.6 is 0 Å². The highest BCUT2D eigenvalue weighted by Gasteiger charge is 2.41. The topological polar surface area (TPSA) is 83.6 Å². The first kappa shape index (κ1) is 14.5. The summed E-state index contributed by atoms with van der Waals surface area (Å²) in [7, 11) is 0. The number of carboxylic acids is 1. The molecule has 0 saturated heterocycles. The lowest BCUT2D eigenvalue weighted by molar-refractivity contribution is -0.144. The van der Waals surface area contributed by atoms with Crippen LogP contribution in [0.4, 0.5) is 5.69 Å². The minimum Gasteiger partial charge on any atom is -0.480 e. The van der Waals surface area contributed by atoms with Crippen LogP contribution in [0.2, 0.25) is 0 Å². The molecule has 1 aromatic rings. The molecule has 3 N–H and O–H groups in total. The quantitative estimate of drug-likeness (QED) is 0.817. The molecular formula is C15H20N2O3. The molecule has 0 radical (unpaired) electrons. The first-order valence-corrected chi connectivity index (χ1v) is 6.70. The Labute approximate surface area is 118 Å². The summed E-state index contributed by atoms with van der Waals surface area (Å²) >= 11 is 0. The first-order chi connectivity index (χ1) is 9.29. The third-order valence-electron chi connectivity index (χ3n) is 4.17. The van der Waals surface area contributed by atoms with Crippen LogP contribution < -0.4 is 10.6 Å². The lowest BCUT2D eigenvalue weighted by Gasteiger charge is -2.29. The van der Waals surface area contributed by atoms with Crippen LogP contribution in [-0.4, -0.2) is 23.5 Å². The van der Waals surface area contributed by atoms with Gasteiger partial charge in [-0.15, -0.1) is 0 Å². The lowest BCUT2D eigenvalue weighted by Crippen LogP contribution is -2.45. The number of nitrogens with two attached hydrogens (primary N) is 1. The fraction of sp³-hybridized carbons (Fsp3) is 0.467. The molecule has 0 saturated carbocycles. The molecular weight excluding hydrogens is 256 g/mol. The molecule has 0 fully saturated rings. The number of aryl methyl sites for hydroxylation is 1. The van der Waals surface area contributed by atoms with Gasteiger partial charge in [-0.3, -0.25) is 4.79 Å². The van der Waals surface area contributed by atoms with Crippen molar-refractivity contribution in [2.45, 2.75) is 39.2 Å². The van der Waals surface area contributed by atoms with Gasteiger partial charge in [0.25, 0.3) is 0 Å². The van der Waals surface area contributed by atoms with Gasteiger partial charge in [0.15, 0.2) is 0 Å². The molecule has 1 atom stereocenters. The van der Waals surface area contributed by atoms with Crippen LogP contribution in [0.15, 0.2) is 12.1 Å². The summed E-state index contributed by atoms with van der Waals surface area (Å²) in [6.45, 7) is 5.84. The van der Waals surface area contributed by atoms with Gasteiger partial charge in [-0.05, 0) is 37.8 Å². The van der Waals surface area contributed by atoms with E-state index in [1.165, 1.54) is 6.92 Å². The maximum Gasteiger partial charge on any atom is 0.328 e. The minimum absolute atomic E-state index is 0.0883. The zero-order chi connectivity index (χ0) is 15.1. The second-order valence-electron chi connectivity index (χ2n) is 5.45. The number of carbonyl (C=O) groups is 2. The molecule has 2 rings (SSSR count). The average Bonchev–Trinajstić information content (AvgIpc) is 2.52. The molecule has 108 valence electrons. The minimum atomic E-state index is -1.43. The maximum atomic E-state index is 11.9. The normalized spacial score (nSPS) is 22.1. The third kappa shape index (κ3) is 2.08. The summed E-state index contributed by atoms with van der Waals surface area (Å²) in [6.07, 6.45) is 0.886. The lowest BCUT2D eigenvalue weighted by atomic mass is 9.84. The Bertz CT molecular complexity index is 583. The van der Waals surface area contributed by atoms with Crippen molar-refractivity contribution in [2.75, 3.05) is 11.4 Å². The van der Waals surface area contributed by atoms with E-state index in [9.17, 15) is 14.7 Å². The number of carboxylic acid groups (broad SMARTS) is 1. The number of hydrogen-bond acceptors (Lipinski definition) is 3. The highest BCUT2D eigenvalue weighted by Crippen LogP contribution is 2.39. The zero-order valence-electron chi connectivity index (χ0n) is 12.1. The Morgan fingerprint density at radius 3 is 2.55 bits per heavy atom. The zero-order valence-corrected chi connectivity index (χ0v) is 12.1. The fourth-order valence-corrected chi connectivity index (χ4v) is 2.81. The number of hydrogen-bond donors (Lipinski definition) is 2. The van der Waals surface area contributed by atoms with Gasteiger partial charge in [-0.2, -0.15) is 0 Å². The summed E-state index contributed by atoms with van der Waals surface area (Å²) in [5.74, 6) is -1.14. The van der Waals surface area contributed by atoms with Gasteiger partial charge < -0.3 is 15.7 Å². The molecule has 0 spiro atoms.